The number of imide groups is 1. The summed E-state index contributed by atoms with van der Waals surface area (Å²) in [5, 5.41) is 2.82. The highest BCUT2D eigenvalue weighted by Gasteiger charge is 2.57. The summed E-state index contributed by atoms with van der Waals surface area (Å²) in [6, 6.07) is 18.4. The van der Waals surface area contributed by atoms with E-state index in [0.29, 0.717) is 26.8 Å². The number of hydrogen-bond acceptors (Lipinski definition) is 8. The molecule has 1 aromatic heterocycles. The number of carbonyl (C=O) groups is 4. The fourth-order valence-electron chi connectivity index (χ4n) is 5.61. The third-order valence-corrected chi connectivity index (χ3v) is 11.2. The fraction of sp³-hybridized carbons (Fsp3) is 0.219. The minimum absolute atomic E-state index is 0.209. The van der Waals surface area contributed by atoms with Gasteiger partial charge in [-0.15, -0.1) is 0 Å². The molecule has 230 valence electrons. The molecule has 6 rings (SSSR count). The highest BCUT2D eigenvalue weighted by Crippen LogP contribution is 2.55. The zero-order valence-corrected chi connectivity index (χ0v) is 27.1. The van der Waals surface area contributed by atoms with Crippen molar-refractivity contribution in [2.45, 2.75) is 36.6 Å². The van der Waals surface area contributed by atoms with Crippen LogP contribution in [0, 0.1) is 12.8 Å². The number of aryl methyl sites for hydroxylation is 1. The first-order valence-electron chi connectivity index (χ1n) is 13.9. The molecule has 2 aliphatic heterocycles. The van der Waals surface area contributed by atoms with Gasteiger partial charge >= 0.3 is 10.8 Å². The molecule has 9 nitrogen and oxygen atoms in total. The number of amides is 3. The van der Waals surface area contributed by atoms with Gasteiger partial charge in [0.15, 0.2) is 0 Å². The van der Waals surface area contributed by atoms with Crippen molar-refractivity contribution < 1.29 is 23.9 Å². The first kappa shape index (κ1) is 31.1. The molecule has 1 saturated heterocycles. The zero-order valence-electron chi connectivity index (χ0n) is 23.9. The van der Waals surface area contributed by atoms with Gasteiger partial charge in [0.1, 0.15) is 11.8 Å². The molecule has 0 bridgehead atoms. The van der Waals surface area contributed by atoms with E-state index in [1.54, 1.807) is 37.3 Å². The van der Waals surface area contributed by atoms with Crippen molar-refractivity contribution in [1.82, 2.24) is 4.57 Å². The number of nitrogens with zero attached hydrogens (tertiary/aromatic N) is 2. The van der Waals surface area contributed by atoms with Crippen molar-refractivity contribution in [3.05, 3.63) is 108 Å². The van der Waals surface area contributed by atoms with Crippen LogP contribution < -0.4 is 15.1 Å². The van der Waals surface area contributed by atoms with E-state index in [1.807, 2.05) is 19.1 Å². The lowest BCUT2D eigenvalue weighted by atomic mass is 9.83. The average molecular weight is 683 g/mol. The molecule has 3 atom stereocenters. The Morgan fingerprint density at radius 1 is 0.956 bits per heavy atom. The van der Waals surface area contributed by atoms with Crippen molar-refractivity contribution in [2.75, 3.05) is 16.8 Å². The lowest BCUT2D eigenvalue weighted by molar-refractivity contribution is -0.122. The van der Waals surface area contributed by atoms with Crippen molar-refractivity contribution in [1.29, 1.82) is 0 Å². The molecule has 0 radical (unpaired) electrons. The van der Waals surface area contributed by atoms with Crippen LogP contribution in [0.25, 0.3) is 0 Å². The minimum atomic E-state index is -0.922. The number of esters is 1. The maximum Gasteiger partial charge on any atom is 0.338 e. The number of halogens is 2. The smallest absolute Gasteiger partial charge is 0.338 e. The van der Waals surface area contributed by atoms with Crippen LogP contribution in [-0.4, -0.2) is 40.1 Å². The second-order valence-corrected chi connectivity index (χ2v) is 13.4. The number of benzene rings is 3. The van der Waals surface area contributed by atoms with Crippen LogP contribution in [0.1, 0.15) is 39.2 Å². The molecule has 1 N–H and O–H groups in total. The number of para-hydroxylation sites is 1. The van der Waals surface area contributed by atoms with E-state index >= 15 is 0 Å². The molecule has 3 heterocycles. The van der Waals surface area contributed by atoms with Crippen LogP contribution in [-0.2, 0) is 25.7 Å². The quantitative estimate of drug-likeness (QED) is 0.184. The summed E-state index contributed by atoms with van der Waals surface area (Å²) < 4.78 is 6.38. The number of thioether (sulfide) groups is 1. The van der Waals surface area contributed by atoms with E-state index in [1.165, 1.54) is 28.8 Å². The van der Waals surface area contributed by atoms with Crippen molar-refractivity contribution in [3.8, 4) is 0 Å². The Hall–Kier alpha value is -3.90. The molecule has 45 heavy (non-hydrogen) atoms. The van der Waals surface area contributed by atoms with Crippen LogP contribution in [0.4, 0.5) is 11.4 Å². The van der Waals surface area contributed by atoms with E-state index in [-0.39, 0.29) is 28.8 Å². The van der Waals surface area contributed by atoms with Crippen molar-refractivity contribution in [2.24, 2.45) is 5.92 Å². The molecular weight excluding hydrogens is 657 g/mol. The third-order valence-electron chi connectivity index (χ3n) is 7.72. The van der Waals surface area contributed by atoms with Gasteiger partial charge in [-0.3, -0.25) is 23.7 Å². The summed E-state index contributed by atoms with van der Waals surface area (Å²) in [5.74, 6) is -3.58. The molecule has 3 aromatic carbocycles. The SMILES string of the molecule is CCOC(=O)c1ccc(N2C(=O)C3Sc4c(sc(=O)n4CC(=O)Nc4ccccc4C)[C@H](c4cccc(Cl)c4Cl)C3C2=O)cc1. The van der Waals surface area contributed by atoms with Crippen molar-refractivity contribution >= 4 is 81.4 Å². The monoisotopic (exact) mass is 681 g/mol. The number of rotatable bonds is 7. The predicted molar refractivity (Wildman–Crippen MR) is 175 cm³/mol. The van der Waals surface area contributed by atoms with Crippen LogP contribution in [0.5, 0.6) is 0 Å². The Bertz CT molecular complexity index is 1920. The molecule has 3 amide bonds. The first-order valence-corrected chi connectivity index (χ1v) is 16.4. The van der Waals surface area contributed by atoms with Gasteiger partial charge in [-0.25, -0.2) is 9.69 Å². The summed E-state index contributed by atoms with van der Waals surface area (Å²) >= 11 is 15.1. The van der Waals surface area contributed by atoms with E-state index in [4.69, 9.17) is 27.9 Å². The Balaban J connectivity index is 1.40. The Kier molecular flexibility index (Phi) is 8.62. The highest BCUT2D eigenvalue weighted by atomic mass is 35.5. The standard InChI is InChI=1S/C32H25Cl2N3O6S2/c1-3-43-31(41)17-11-13-18(14-12-17)37-28(39)24-23(19-8-6-9-20(33)25(19)34)27-30(44-26(24)29(37)40)36(32(42)45-27)15-22(38)35-21-10-5-4-7-16(21)2/h4-14,23-24,26H,3,15H2,1-2H3,(H,35,38)/t23-,24?,26?/m1/s1. The third kappa shape index (κ3) is 5.58. The number of fused-ring (bicyclic) bond motifs is 2. The van der Waals surface area contributed by atoms with Crippen LogP contribution >= 0.6 is 46.3 Å². The number of nitrogens with one attached hydrogen (secondary N) is 1. The number of ether oxygens (including phenoxy) is 1. The number of thiazole rings is 1. The molecular formula is C32H25Cl2N3O6S2. The molecule has 1 fully saturated rings. The molecule has 4 aromatic rings. The van der Waals surface area contributed by atoms with Gasteiger partial charge in [-0.1, -0.05) is 76.6 Å². The topological polar surface area (TPSA) is 115 Å². The van der Waals surface area contributed by atoms with Crippen LogP contribution in [0.2, 0.25) is 10.0 Å². The van der Waals surface area contributed by atoms with E-state index in [9.17, 15) is 24.0 Å². The zero-order chi connectivity index (χ0) is 32.0. The second-order valence-electron chi connectivity index (χ2n) is 10.5. The predicted octanol–water partition coefficient (Wildman–Crippen LogP) is 6.14. The molecule has 13 heteroatoms. The lowest BCUT2D eigenvalue weighted by Crippen LogP contribution is -2.33. The van der Waals surface area contributed by atoms with Crippen molar-refractivity contribution in [3.63, 3.8) is 0 Å². The van der Waals surface area contributed by atoms with Gasteiger partial charge in [-0.2, -0.15) is 0 Å². The highest BCUT2D eigenvalue weighted by molar-refractivity contribution is 8.00. The molecule has 2 unspecified atom stereocenters. The minimum Gasteiger partial charge on any atom is -0.462 e. The average Bonchev–Trinajstić information content (AvgIpc) is 3.46. The Morgan fingerprint density at radius 3 is 2.40 bits per heavy atom. The summed E-state index contributed by atoms with van der Waals surface area (Å²) in [7, 11) is 0. The Morgan fingerprint density at radius 2 is 1.69 bits per heavy atom. The molecule has 2 aliphatic rings. The van der Waals surface area contributed by atoms with E-state index in [0.717, 1.165) is 33.6 Å². The lowest BCUT2D eigenvalue weighted by Gasteiger charge is -2.31. The van der Waals surface area contributed by atoms with Gasteiger partial charge in [0.25, 0.3) is 0 Å². The Labute approximate surface area is 276 Å². The molecule has 0 saturated carbocycles. The maximum absolute atomic E-state index is 14.1. The number of carbonyl (C=O) groups excluding carboxylic acids is 4. The fourth-order valence-corrected chi connectivity index (χ4v) is 8.80. The maximum atomic E-state index is 14.1. The van der Waals surface area contributed by atoms with E-state index < -0.39 is 45.6 Å². The van der Waals surface area contributed by atoms with Gasteiger partial charge in [-0.05, 0) is 61.4 Å². The largest absolute Gasteiger partial charge is 0.462 e. The van der Waals surface area contributed by atoms with Crippen LogP contribution in [0.15, 0.2) is 76.6 Å². The molecule has 0 aliphatic carbocycles. The number of hydrogen-bond donors (Lipinski definition) is 1. The summed E-state index contributed by atoms with van der Waals surface area (Å²) in [6.07, 6.45) is 0. The summed E-state index contributed by atoms with van der Waals surface area (Å²) in [4.78, 5) is 68.1. The summed E-state index contributed by atoms with van der Waals surface area (Å²) in [5.41, 5.74) is 2.56. The van der Waals surface area contributed by atoms with E-state index in [2.05, 4.69) is 5.32 Å². The number of aromatic nitrogens is 1. The normalized spacial score (nSPS) is 18.8. The van der Waals surface area contributed by atoms with Gasteiger partial charge in [0, 0.05) is 16.5 Å². The van der Waals surface area contributed by atoms with Gasteiger partial charge in [0.05, 0.1) is 38.8 Å². The first-order chi connectivity index (χ1) is 21.6. The number of anilines is 2. The molecule has 0 spiro atoms. The second kappa shape index (κ2) is 12.5. The van der Waals surface area contributed by atoms with Gasteiger partial charge in [0.2, 0.25) is 17.7 Å². The van der Waals surface area contributed by atoms with Gasteiger partial charge < -0.3 is 10.1 Å². The van der Waals surface area contributed by atoms with Crippen LogP contribution in [0.3, 0.4) is 0 Å². The summed E-state index contributed by atoms with van der Waals surface area (Å²) in [6.45, 7) is 3.48.